The molecule has 31 heavy (non-hydrogen) atoms. The second kappa shape index (κ2) is 10.3. The summed E-state index contributed by atoms with van der Waals surface area (Å²) in [7, 11) is -2.54. The Morgan fingerprint density at radius 3 is 2.35 bits per heavy atom. The topological polar surface area (TPSA) is 120 Å². The highest BCUT2D eigenvalue weighted by Crippen LogP contribution is 2.38. The molecule has 0 heterocycles. The summed E-state index contributed by atoms with van der Waals surface area (Å²) in [5.41, 5.74) is 2.16. The van der Waals surface area contributed by atoms with E-state index in [4.69, 9.17) is 9.47 Å². The van der Waals surface area contributed by atoms with Crippen LogP contribution in [0.1, 0.15) is 42.0 Å². The van der Waals surface area contributed by atoms with Crippen LogP contribution in [-0.4, -0.2) is 33.3 Å². The Kier molecular flexibility index (Phi) is 7.98. The van der Waals surface area contributed by atoms with E-state index in [1.807, 2.05) is 13.8 Å². The molecule has 0 saturated heterocycles. The molecule has 0 radical (unpaired) electrons. The number of methoxy groups -OCH3 is 1. The van der Waals surface area contributed by atoms with E-state index in [-0.39, 0.29) is 27.6 Å². The zero-order valence-corrected chi connectivity index (χ0v) is 19.1. The number of hydrazone groups is 1. The number of sulfonamides is 1. The Bertz CT molecular complexity index is 1070. The van der Waals surface area contributed by atoms with Crippen molar-refractivity contribution in [3.8, 4) is 11.5 Å². The minimum absolute atomic E-state index is 0.0320. The predicted octanol–water partition coefficient (Wildman–Crippen LogP) is 4.02. The molecule has 2 aromatic rings. The minimum atomic E-state index is -3.91. The Hall–Kier alpha value is -3.14. The molecule has 0 spiro atoms. The molecule has 2 rings (SSSR count). The molecule has 0 amide bonds. The van der Waals surface area contributed by atoms with E-state index in [0.717, 1.165) is 18.4 Å². The molecule has 1 N–H and O–H groups in total. The van der Waals surface area contributed by atoms with Gasteiger partial charge in [-0.1, -0.05) is 31.0 Å². The van der Waals surface area contributed by atoms with E-state index in [1.165, 1.54) is 25.5 Å². The molecule has 0 aliphatic rings. The second-order valence-electron chi connectivity index (χ2n) is 7.11. The standard InChI is InChI=1S/C21H27N3O6S/c1-6-7-8-30-20-18(24(25)26)11-17(12-19(20)29-5)13-22-23-31(27,28)21-15(3)9-14(2)10-16(21)4/h9-13,23H,6-8H2,1-5H3/b22-13+. The largest absolute Gasteiger partial charge is 0.493 e. The van der Waals surface area contributed by atoms with Gasteiger partial charge in [0.05, 0.1) is 29.8 Å². The van der Waals surface area contributed by atoms with Crippen molar-refractivity contribution in [1.82, 2.24) is 4.83 Å². The number of benzene rings is 2. The van der Waals surface area contributed by atoms with Crippen LogP contribution in [0.15, 0.2) is 34.3 Å². The first-order valence-electron chi connectivity index (χ1n) is 9.72. The quantitative estimate of drug-likeness (QED) is 0.253. The molecule has 0 atom stereocenters. The third kappa shape index (κ3) is 5.94. The van der Waals surface area contributed by atoms with Gasteiger partial charge in [-0.15, -0.1) is 0 Å². The first-order chi connectivity index (χ1) is 14.6. The lowest BCUT2D eigenvalue weighted by atomic mass is 10.1. The maximum absolute atomic E-state index is 12.7. The van der Waals surface area contributed by atoms with E-state index < -0.39 is 14.9 Å². The van der Waals surface area contributed by atoms with Gasteiger partial charge in [0.2, 0.25) is 5.75 Å². The average Bonchev–Trinajstić information content (AvgIpc) is 2.67. The molecule has 168 valence electrons. The van der Waals surface area contributed by atoms with Gasteiger partial charge in [0, 0.05) is 11.6 Å². The van der Waals surface area contributed by atoms with Crippen molar-refractivity contribution in [2.24, 2.45) is 5.10 Å². The maximum Gasteiger partial charge on any atom is 0.315 e. The summed E-state index contributed by atoms with van der Waals surface area (Å²) >= 11 is 0. The number of rotatable bonds is 10. The molecule has 9 nitrogen and oxygen atoms in total. The Balaban J connectivity index is 2.33. The van der Waals surface area contributed by atoms with Crippen molar-refractivity contribution < 1.29 is 22.8 Å². The Morgan fingerprint density at radius 2 is 1.81 bits per heavy atom. The van der Waals surface area contributed by atoms with Crippen LogP contribution in [0.5, 0.6) is 11.5 Å². The number of nitro benzene ring substituents is 1. The van der Waals surface area contributed by atoms with Crippen molar-refractivity contribution in [2.45, 2.75) is 45.4 Å². The van der Waals surface area contributed by atoms with Crippen LogP contribution in [0.25, 0.3) is 0 Å². The summed E-state index contributed by atoms with van der Waals surface area (Å²) in [6.07, 6.45) is 2.80. The summed E-state index contributed by atoms with van der Waals surface area (Å²) in [6.45, 7) is 7.61. The van der Waals surface area contributed by atoms with E-state index in [2.05, 4.69) is 9.93 Å². The number of hydrogen-bond acceptors (Lipinski definition) is 7. The van der Waals surface area contributed by atoms with Gasteiger partial charge in [-0.2, -0.15) is 13.5 Å². The van der Waals surface area contributed by atoms with Gasteiger partial charge in [0.1, 0.15) is 0 Å². The second-order valence-corrected chi connectivity index (χ2v) is 8.71. The van der Waals surface area contributed by atoms with Crippen molar-refractivity contribution in [3.63, 3.8) is 0 Å². The Labute approximate surface area is 182 Å². The van der Waals surface area contributed by atoms with Crippen LogP contribution in [0, 0.1) is 30.9 Å². The fourth-order valence-corrected chi connectivity index (χ4v) is 4.49. The van der Waals surface area contributed by atoms with E-state index >= 15 is 0 Å². The molecule has 2 aromatic carbocycles. The van der Waals surface area contributed by atoms with Gasteiger partial charge >= 0.3 is 5.69 Å². The third-order valence-electron chi connectivity index (χ3n) is 4.48. The first kappa shape index (κ1) is 24.1. The summed E-state index contributed by atoms with van der Waals surface area (Å²) in [5, 5.41) is 15.3. The molecule has 0 aliphatic carbocycles. The van der Waals surface area contributed by atoms with Crippen molar-refractivity contribution >= 4 is 21.9 Å². The number of unbranched alkanes of at least 4 members (excludes halogenated alkanes) is 1. The van der Waals surface area contributed by atoms with Crippen molar-refractivity contribution in [1.29, 1.82) is 0 Å². The highest BCUT2D eigenvalue weighted by Gasteiger charge is 2.22. The molecular weight excluding hydrogens is 422 g/mol. The fourth-order valence-electron chi connectivity index (χ4n) is 3.24. The van der Waals surface area contributed by atoms with Gasteiger partial charge < -0.3 is 9.47 Å². The van der Waals surface area contributed by atoms with E-state index in [1.54, 1.807) is 26.0 Å². The van der Waals surface area contributed by atoms with Gasteiger partial charge in [-0.3, -0.25) is 10.1 Å². The number of ether oxygens (including phenoxy) is 2. The molecule has 0 bridgehead atoms. The summed E-state index contributed by atoms with van der Waals surface area (Å²) < 4.78 is 36.2. The minimum Gasteiger partial charge on any atom is -0.493 e. The smallest absolute Gasteiger partial charge is 0.315 e. The molecule has 0 aromatic heterocycles. The molecule has 0 fully saturated rings. The van der Waals surface area contributed by atoms with Crippen LogP contribution in [-0.2, 0) is 10.0 Å². The highest BCUT2D eigenvalue weighted by molar-refractivity contribution is 7.89. The number of aryl methyl sites for hydroxylation is 3. The lowest BCUT2D eigenvalue weighted by Crippen LogP contribution is -2.20. The van der Waals surface area contributed by atoms with Crippen molar-refractivity contribution in [3.05, 3.63) is 56.6 Å². The SMILES string of the molecule is CCCCOc1c(OC)cc(/C=N/NS(=O)(=O)c2c(C)cc(C)cc2C)cc1[N+](=O)[O-]. The average molecular weight is 450 g/mol. The number of nitro groups is 1. The number of nitrogens with zero attached hydrogens (tertiary/aromatic N) is 2. The van der Waals surface area contributed by atoms with Gasteiger partial charge in [0.25, 0.3) is 10.0 Å². The summed E-state index contributed by atoms with van der Waals surface area (Å²) in [6, 6.07) is 6.30. The summed E-state index contributed by atoms with van der Waals surface area (Å²) in [5.74, 6) is 0.199. The monoisotopic (exact) mass is 449 g/mol. The zero-order valence-electron chi connectivity index (χ0n) is 18.3. The lowest BCUT2D eigenvalue weighted by molar-refractivity contribution is -0.386. The molecule has 10 heteroatoms. The van der Waals surface area contributed by atoms with E-state index in [0.29, 0.717) is 17.7 Å². The van der Waals surface area contributed by atoms with Crippen LogP contribution >= 0.6 is 0 Å². The predicted molar refractivity (Wildman–Crippen MR) is 119 cm³/mol. The van der Waals surface area contributed by atoms with Gasteiger partial charge in [0.15, 0.2) is 5.75 Å². The summed E-state index contributed by atoms with van der Waals surface area (Å²) in [4.78, 5) is 13.2. The first-order valence-corrected chi connectivity index (χ1v) is 11.2. The van der Waals surface area contributed by atoms with Crippen molar-refractivity contribution in [2.75, 3.05) is 13.7 Å². The normalized spacial score (nSPS) is 11.5. The highest BCUT2D eigenvalue weighted by atomic mass is 32.2. The van der Waals surface area contributed by atoms with Crippen LogP contribution in [0.2, 0.25) is 0 Å². The maximum atomic E-state index is 12.7. The number of nitrogens with one attached hydrogen (secondary N) is 1. The number of hydrogen-bond donors (Lipinski definition) is 1. The zero-order chi connectivity index (χ0) is 23.2. The van der Waals surface area contributed by atoms with Crippen LogP contribution in [0.4, 0.5) is 5.69 Å². The van der Waals surface area contributed by atoms with Gasteiger partial charge in [-0.05, 0) is 44.4 Å². The third-order valence-corrected chi connectivity index (χ3v) is 6.01. The molecule has 0 saturated carbocycles. The Morgan fingerprint density at radius 1 is 1.16 bits per heavy atom. The fraction of sp³-hybridized carbons (Fsp3) is 0.381. The van der Waals surface area contributed by atoms with Crippen LogP contribution < -0.4 is 14.3 Å². The van der Waals surface area contributed by atoms with Gasteiger partial charge in [-0.25, -0.2) is 4.83 Å². The molecule has 0 aliphatic heterocycles. The van der Waals surface area contributed by atoms with E-state index in [9.17, 15) is 18.5 Å². The molecular formula is C21H27N3O6S. The van der Waals surface area contributed by atoms with Crippen LogP contribution in [0.3, 0.4) is 0 Å². The molecule has 0 unspecified atom stereocenters. The lowest BCUT2D eigenvalue weighted by Gasteiger charge is -2.12.